The number of carbonyl (C=O) groups excluding carboxylic acids is 4. The summed E-state index contributed by atoms with van der Waals surface area (Å²) in [5.74, 6) is -3.58. The summed E-state index contributed by atoms with van der Waals surface area (Å²) in [6.45, 7) is 19.6. The second kappa shape index (κ2) is 16.0. The summed E-state index contributed by atoms with van der Waals surface area (Å²) in [4.78, 5) is 60.9. The van der Waals surface area contributed by atoms with Crippen LogP contribution in [0.2, 0.25) is 0 Å². The van der Waals surface area contributed by atoms with Crippen LogP contribution < -0.4 is 5.32 Å². The Hall–Kier alpha value is -4.28. The van der Waals surface area contributed by atoms with E-state index in [0.29, 0.717) is 36.8 Å². The molecule has 1 spiro atoms. The molecule has 2 aromatic carbocycles. The highest BCUT2D eigenvalue weighted by molar-refractivity contribution is 5.98. The summed E-state index contributed by atoms with van der Waals surface area (Å²) in [6, 6.07) is 15.8. The first-order valence-corrected chi connectivity index (χ1v) is 18.8. The van der Waals surface area contributed by atoms with Crippen LogP contribution in [0.3, 0.4) is 0 Å². The molecular weight excluding hydrogens is 670 g/mol. The van der Waals surface area contributed by atoms with Gasteiger partial charge in [-0.1, -0.05) is 93.6 Å². The van der Waals surface area contributed by atoms with Crippen LogP contribution >= 0.6 is 0 Å². The molecule has 0 saturated carbocycles. The molecule has 10 nitrogen and oxygen atoms in total. The number of aliphatic hydroxyl groups is 1. The molecule has 0 aromatic heterocycles. The van der Waals surface area contributed by atoms with Crippen LogP contribution in [0.15, 0.2) is 86.0 Å². The number of aliphatic hydroxyl groups excluding tert-OH is 1. The second-order valence-electron chi connectivity index (χ2n) is 16.6. The molecule has 0 radical (unpaired) electrons. The number of nitrogens with one attached hydrogen (secondary N) is 1. The van der Waals surface area contributed by atoms with Gasteiger partial charge in [0.15, 0.2) is 0 Å². The lowest BCUT2D eigenvalue weighted by atomic mass is 9.70. The summed E-state index contributed by atoms with van der Waals surface area (Å²) in [6.07, 6.45) is 4.11. The van der Waals surface area contributed by atoms with E-state index in [0.717, 1.165) is 0 Å². The third kappa shape index (κ3) is 7.99. The molecule has 0 unspecified atom stereocenters. The molecule has 8 atom stereocenters. The highest BCUT2D eigenvalue weighted by atomic mass is 16.6. The first kappa shape index (κ1) is 39.9. The van der Waals surface area contributed by atoms with Gasteiger partial charge in [0.1, 0.15) is 17.7 Å². The molecule has 3 aliphatic rings. The van der Waals surface area contributed by atoms with Crippen molar-refractivity contribution in [3.63, 3.8) is 0 Å². The molecule has 2 aromatic rings. The molecule has 2 N–H and O–H groups in total. The minimum Gasteiger partial charge on any atom is -0.455 e. The molecule has 3 saturated heterocycles. The Morgan fingerprint density at radius 1 is 1.04 bits per heavy atom. The van der Waals surface area contributed by atoms with Crippen LogP contribution in [0.5, 0.6) is 0 Å². The van der Waals surface area contributed by atoms with Crippen LogP contribution in [0.4, 0.5) is 0 Å². The molecule has 0 aliphatic carbocycles. The van der Waals surface area contributed by atoms with E-state index in [-0.39, 0.29) is 30.2 Å². The van der Waals surface area contributed by atoms with Gasteiger partial charge in [0.05, 0.1) is 36.6 Å². The number of nitrogens with zero attached hydrogens (tertiary/aromatic N) is 2. The van der Waals surface area contributed by atoms with Crippen molar-refractivity contribution in [2.75, 3.05) is 13.2 Å². The largest absolute Gasteiger partial charge is 0.455 e. The molecule has 53 heavy (non-hydrogen) atoms. The van der Waals surface area contributed by atoms with Crippen molar-refractivity contribution in [3.05, 3.63) is 97.1 Å². The average molecular weight is 728 g/mol. The minimum absolute atomic E-state index is 0.123. The number of hydrogen-bond donors (Lipinski definition) is 2. The lowest BCUT2D eigenvalue weighted by Crippen LogP contribution is -2.61. The highest BCUT2D eigenvalue weighted by Crippen LogP contribution is 2.60. The zero-order chi connectivity index (χ0) is 38.7. The van der Waals surface area contributed by atoms with E-state index in [2.05, 4.69) is 39.2 Å². The van der Waals surface area contributed by atoms with Crippen molar-refractivity contribution in [1.82, 2.24) is 15.1 Å². The monoisotopic (exact) mass is 727 g/mol. The molecule has 3 fully saturated rings. The summed E-state index contributed by atoms with van der Waals surface area (Å²) in [5, 5.41) is 13.9. The van der Waals surface area contributed by atoms with E-state index in [1.165, 1.54) is 4.90 Å². The van der Waals surface area contributed by atoms with Crippen LogP contribution in [-0.4, -0.2) is 81.1 Å². The standard InChI is InChI=1S/C43H57N3O7/c1-9-11-22-33(48)44-28(3)36(30-20-16-13-17-21-30)52-40(51)34-32-23-24-43(53-32)35(34)38(49)46(31(26-47)29-18-14-12-15-19-29)37(43)39(50)45(25-10-2)42(7,8)27-41(4,5)6/h9-10,12-21,28,31-32,34-37,47H,1-2,11,22-27H2,3-8H3,(H,44,48)/t28-,31-,32-,34+,35+,36-,37-,43+/m1/s1. The van der Waals surface area contributed by atoms with Crippen LogP contribution in [0, 0.1) is 17.3 Å². The molecule has 3 amide bonds. The van der Waals surface area contributed by atoms with Crippen LogP contribution in [0.25, 0.3) is 0 Å². The summed E-state index contributed by atoms with van der Waals surface area (Å²) in [5.41, 5.74) is -0.732. The minimum atomic E-state index is -1.32. The first-order valence-electron chi connectivity index (χ1n) is 18.8. The maximum Gasteiger partial charge on any atom is 0.313 e. The third-order valence-corrected chi connectivity index (χ3v) is 11.0. The fourth-order valence-corrected chi connectivity index (χ4v) is 9.25. The number of rotatable bonds is 16. The van der Waals surface area contributed by atoms with Crippen molar-refractivity contribution < 1.29 is 33.8 Å². The maximum atomic E-state index is 15.3. The van der Waals surface area contributed by atoms with Gasteiger partial charge < -0.3 is 29.7 Å². The lowest BCUT2D eigenvalue weighted by molar-refractivity contribution is -0.163. The van der Waals surface area contributed by atoms with E-state index >= 15 is 9.59 Å². The topological polar surface area (TPSA) is 125 Å². The van der Waals surface area contributed by atoms with E-state index in [1.54, 1.807) is 24.0 Å². The van der Waals surface area contributed by atoms with E-state index in [9.17, 15) is 14.7 Å². The number of carbonyl (C=O) groups is 4. The smallest absolute Gasteiger partial charge is 0.313 e. The fourth-order valence-electron chi connectivity index (χ4n) is 9.25. The van der Waals surface area contributed by atoms with Crippen molar-refractivity contribution in [3.8, 4) is 0 Å². The number of likely N-dealkylation sites (tertiary alicyclic amines) is 1. The summed E-state index contributed by atoms with van der Waals surface area (Å²) >= 11 is 0. The zero-order valence-corrected chi connectivity index (χ0v) is 32.1. The van der Waals surface area contributed by atoms with Crippen LogP contribution in [-0.2, 0) is 28.7 Å². The Morgan fingerprint density at radius 3 is 2.23 bits per heavy atom. The van der Waals surface area contributed by atoms with E-state index in [4.69, 9.17) is 9.47 Å². The Labute approximate surface area is 314 Å². The van der Waals surface area contributed by atoms with Gasteiger partial charge in [-0.25, -0.2) is 0 Å². The SMILES string of the molecule is C=CCCC(=O)N[C@H](C)[C@@H](OC(=O)[C@@H]1[C@H]2C(=O)N([C@H](CO)c3ccccc3)[C@H](C(=O)N(CC=C)C(C)(C)CC(C)(C)C)[C@]23CC[C@H]1O3)c1ccccc1. The molecule has 3 aliphatic heterocycles. The van der Waals surface area contributed by atoms with Crippen LogP contribution in [0.1, 0.15) is 96.9 Å². The predicted molar refractivity (Wildman–Crippen MR) is 203 cm³/mol. The average Bonchev–Trinajstić information content (AvgIpc) is 3.76. The number of esters is 1. The number of hydrogen-bond acceptors (Lipinski definition) is 7. The van der Waals surface area contributed by atoms with E-state index < -0.39 is 71.8 Å². The first-order chi connectivity index (χ1) is 25.1. The Bertz CT molecular complexity index is 1650. The van der Waals surface area contributed by atoms with Gasteiger partial charge >= 0.3 is 5.97 Å². The van der Waals surface area contributed by atoms with E-state index in [1.807, 2.05) is 74.5 Å². The van der Waals surface area contributed by atoms with Crippen molar-refractivity contribution in [1.29, 1.82) is 0 Å². The number of fused-ring (bicyclic) bond motifs is 1. The van der Waals surface area contributed by atoms with Crippen molar-refractivity contribution >= 4 is 23.7 Å². The molecule has 2 bridgehead atoms. The Balaban J connectivity index is 1.56. The molecule has 10 heteroatoms. The van der Waals surface area contributed by atoms with Gasteiger partial charge in [-0.05, 0) is 63.0 Å². The highest BCUT2D eigenvalue weighted by Gasteiger charge is 2.76. The van der Waals surface area contributed by atoms with Gasteiger partial charge in [-0.2, -0.15) is 0 Å². The molecule has 286 valence electrons. The lowest BCUT2D eigenvalue weighted by Gasteiger charge is -2.46. The predicted octanol–water partition coefficient (Wildman–Crippen LogP) is 6.08. The molecule has 5 rings (SSSR count). The van der Waals surface area contributed by atoms with Gasteiger partial charge in [0, 0.05) is 18.5 Å². The molecule has 3 heterocycles. The number of ether oxygens (including phenoxy) is 2. The molecular formula is C43H57N3O7. The third-order valence-electron chi connectivity index (χ3n) is 11.0. The number of amides is 3. The van der Waals surface area contributed by atoms with Gasteiger partial charge in [0.25, 0.3) is 0 Å². The normalized spacial score (nSPS) is 25.3. The number of benzene rings is 2. The Morgan fingerprint density at radius 2 is 1.66 bits per heavy atom. The summed E-state index contributed by atoms with van der Waals surface area (Å²) in [7, 11) is 0. The van der Waals surface area contributed by atoms with Crippen molar-refractivity contribution in [2.45, 2.75) is 115 Å². The summed E-state index contributed by atoms with van der Waals surface area (Å²) < 4.78 is 13.1. The quantitative estimate of drug-likeness (QED) is 0.159. The second-order valence-corrected chi connectivity index (χ2v) is 16.6. The van der Waals surface area contributed by atoms with Crippen molar-refractivity contribution in [2.24, 2.45) is 17.3 Å². The zero-order valence-electron chi connectivity index (χ0n) is 32.1. The fraction of sp³-hybridized carbons (Fsp3) is 0.535. The van der Waals surface area contributed by atoms with Gasteiger partial charge in [-0.15, -0.1) is 13.2 Å². The van der Waals surface area contributed by atoms with Gasteiger partial charge in [0.2, 0.25) is 17.7 Å². The Kier molecular flexibility index (Phi) is 12.0. The van der Waals surface area contributed by atoms with Gasteiger partial charge in [-0.3, -0.25) is 19.2 Å². The number of allylic oxidation sites excluding steroid dienone is 1. The maximum absolute atomic E-state index is 15.3.